The van der Waals surface area contributed by atoms with Crippen LogP contribution in [0.25, 0.3) is 11.3 Å². The summed E-state index contributed by atoms with van der Waals surface area (Å²) in [7, 11) is 0. The fraction of sp³-hybridized carbons (Fsp3) is 0. The lowest BCUT2D eigenvalue weighted by Crippen LogP contribution is -2.24. The first-order chi connectivity index (χ1) is 13.0. The Balaban J connectivity index is 1.60. The molecule has 0 fully saturated rings. The Morgan fingerprint density at radius 2 is 1.85 bits per heavy atom. The maximum absolute atomic E-state index is 11.8. The summed E-state index contributed by atoms with van der Waals surface area (Å²) in [6, 6.07) is 15.6. The van der Waals surface area contributed by atoms with Gasteiger partial charge in [-0.05, 0) is 48.0 Å². The van der Waals surface area contributed by atoms with E-state index in [9.17, 15) is 14.7 Å². The van der Waals surface area contributed by atoms with E-state index < -0.39 is 12.0 Å². The summed E-state index contributed by atoms with van der Waals surface area (Å²) in [5.41, 5.74) is 3.52. The third-order valence-electron chi connectivity index (χ3n) is 3.47. The third-order valence-corrected chi connectivity index (χ3v) is 3.72. The Hall–Kier alpha value is -3.58. The number of furan rings is 1. The molecule has 0 unspecified atom stereocenters. The molecule has 27 heavy (non-hydrogen) atoms. The van der Waals surface area contributed by atoms with Crippen molar-refractivity contribution < 1.29 is 19.1 Å². The zero-order valence-corrected chi connectivity index (χ0v) is 14.6. The highest BCUT2D eigenvalue weighted by atomic mass is 35.5. The summed E-state index contributed by atoms with van der Waals surface area (Å²) >= 11 is 5.78. The molecule has 136 valence electrons. The molecule has 2 N–H and O–H groups in total. The average molecular weight is 383 g/mol. The van der Waals surface area contributed by atoms with Crippen LogP contribution in [0, 0.1) is 0 Å². The van der Waals surface area contributed by atoms with Crippen molar-refractivity contribution in [3.05, 3.63) is 77.0 Å². The normalized spacial score (nSPS) is 10.7. The zero-order chi connectivity index (χ0) is 19.2. The minimum absolute atomic E-state index is 0.0552. The van der Waals surface area contributed by atoms with Gasteiger partial charge < -0.3 is 19.6 Å². The average Bonchev–Trinajstić information content (AvgIpc) is 3.13. The van der Waals surface area contributed by atoms with Crippen LogP contribution in [0.4, 0.5) is 10.5 Å². The highest BCUT2D eigenvalue weighted by Gasteiger charge is 2.05. The van der Waals surface area contributed by atoms with Crippen molar-refractivity contribution in [2.45, 2.75) is 0 Å². The number of nitrogens with one attached hydrogen (secondary N) is 2. The molecular weight excluding hydrogens is 370 g/mol. The second-order valence-corrected chi connectivity index (χ2v) is 5.84. The van der Waals surface area contributed by atoms with Gasteiger partial charge in [0.15, 0.2) is 0 Å². The van der Waals surface area contributed by atoms with Gasteiger partial charge in [0.05, 0.1) is 12.2 Å². The maximum atomic E-state index is 11.8. The molecule has 0 saturated carbocycles. The molecule has 1 aromatic heterocycles. The summed E-state index contributed by atoms with van der Waals surface area (Å²) in [6.45, 7) is 0. The Bertz CT molecular complexity index is 996. The number of carboxylic acid groups (broad SMARTS) is 1. The number of aromatic carboxylic acids is 1. The van der Waals surface area contributed by atoms with E-state index in [1.165, 1.54) is 18.3 Å². The quantitative estimate of drug-likeness (QED) is 0.522. The van der Waals surface area contributed by atoms with E-state index in [2.05, 4.69) is 15.8 Å². The van der Waals surface area contributed by atoms with Crippen LogP contribution < -0.4 is 15.8 Å². The smallest absolute Gasteiger partial charge is 0.339 e. The molecular formula is C19H13ClN3O4-. The molecule has 2 amide bonds. The highest BCUT2D eigenvalue weighted by Crippen LogP contribution is 2.22. The van der Waals surface area contributed by atoms with E-state index in [0.29, 0.717) is 27.8 Å². The monoisotopic (exact) mass is 382 g/mol. The van der Waals surface area contributed by atoms with Crippen molar-refractivity contribution in [1.29, 1.82) is 0 Å². The number of carbonyl (C=O) groups is 2. The summed E-state index contributed by atoms with van der Waals surface area (Å²) in [5, 5.41) is 17.9. The van der Waals surface area contributed by atoms with Gasteiger partial charge in [-0.2, -0.15) is 5.10 Å². The van der Waals surface area contributed by atoms with Crippen LogP contribution in [-0.4, -0.2) is 18.2 Å². The van der Waals surface area contributed by atoms with Crippen LogP contribution in [0.5, 0.6) is 0 Å². The van der Waals surface area contributed by atoms with Crippen LogP contribution in [0.2, 0.25) is 5.02 Å². The standard InChI is InChI=1S/C19H14ClN3O4/c20-14-4-6-15(7-5-14)22-19(26)23-21-11-16-8-9-17(27-16)12-2-1-3-13(10-12)18(24)25/h1-11H,(H,24,25)(H2,22,23,26)/p-1/b21-11-. The van der Waals surface area contributed by atoms with Gasteiger partial charge >= 0.3 is 6.03 Å². The summed E-state index contributed by atoms with van der Waals surface area (Å²) in [4.78, 5) is 22.7. The van der Waals surface area contributed by atoms with E-state index in [1.54, 1.807) is 48.5 Å². The SMILES string of the molecule is O=C(N/N=C\c1ccc(-c2cccc(C(=O)[O-])c2)o1)Nc1ccc(Cl)cc1. The number of anilines is 1. The number of amides is 2. The Labute approximate surface area is 159 Å². The Kier molecular flexibility index (Phi) is 5.53. The van der Waals surface area contributed by atoms with Crippen molar-refractivity contribution in [2.24, 2.45) is 5.10 Å². The van der Waals surface area contributed by atoms with Crippen LogP contribution in [0.1, 0.15) is 16.1 Å². The number of hydrogen-bond acceptors (Lipinski definition) is 5. The van der Waals surface area contributed by atoms with Crippen molar-refractivity contribution in [3.8, 4) is 11.3 Å². The van der Waals surface area contributed by atoms with Gasteiger partial charge in [0.1, 0.15) is 11.5 Å². The molecule has 3 aromatic rings. The lowest BCUT2D eigenvalue weighted by atomic mass is 10.1. The molecule has 3 rings (SSSR count). The van der Waals surface area contributed by atoms with E-state index in [1.807, 2.05) is 0 Å². The molecule has 0 atom stereocenters. The first-order valence-corrected chi connectivity index (χ1v) is 8.16. The Morgan fingerprint density at radius 1 is 1.07 bits per heavy atom. The van der Waals surface area contributed by atoms with Gasteiger partial charge in [0.25, 0.3) is 0 Å². The molecule has 0 bridgehead atoms. The predicted octanol–water partition coefficient (Wildman–Crippen LogP) is 3.12. The van der Waals surface area contributed by atoms with Crippen molar-refractivity contribution >= 4 is 35.5 Å². The second kappa shape index (κ2) is 8.20. The van der Waals surface area contributed by atoms with E-state index in [0.717, 1.165) is 0 Å². The van der Waals surface area contributed by atoms with Gasteiger partial charge in [-0.25, -0.2) is 10.2 Å². The van der Waals surface area contributed by atoms with Crippen molar-refractivity contribution in [2.75, 3.05) is 5.32 Å². The summed E-state index contributed by atoms with van der Waals surface area (Å²) in [5.74, 6) is -0.415. The van der Waals surface area contributed by atoms with Gasteiger partial charge in [0.2, 0.25) is 0 Å². The van der Waals surface area contributed by atoms with Gasteiger partial charge in [-0.1, -0.05) is 29.8 Å². The number of halogens is 1. The Morgan fingerprint density at radius 3 is 2.59 bits per heavy atom. The van der Waals surface area contributed by atoms with Gasteiger partial charge in [-0.3, -0.25) is 0 Å². The molecule has 8 heteroatoms. The first-order valence-electron chi connectivity index (χ1n) is 7.78. The van der Waals surface area contributed by atoms with Crippen LogP contribution in [-0.2, 0) is 0 Å². The van der Waals surface area contributed by atoms with Gasteiger partial charge in [-0.15, -0.1) is 0 Å². The van der Waals surface area contributed by atoms with Crippen LogP contribution in [0.3, 0.4) is 0 Å². The second-order valence-electron chi connectivity index (χ2n) is 5.40. The molecule has 0 saturated heterocycles. The number of carbonyl (C=O) groups excluding carboxylic acids is 2. The van der Waals surface area contributed by atoms with Crippen molar-refractivity contribution in [3.63, 3.8) is 0 Å². The number of hydrogen-bond donors (Lipinski definition) is 2. The fourth-order valence-corrected chi connectivity index (χ4v) is 2.35. The van der Waals surface area contributed by atoms with E-state index in [-0.39, 0.29) is 5.56 Å². The molecule has 0 aliphatic rings. The molecule has 0 spiro atoms. The largest absolute Gasteiger partial charge is 0.545 e. The first kappa shape index (κ1) is 18.2. The third kappa shape index (κ3) is 4.96. The number of benzene rings is 2. The maximum Gasteiger partial charge on any atom is 0.339 e. The van der Waals surface area contributed by atoms with Crippen LogP contribution >= 0.6 is 11.6 Å². The van der Waals surface area contributed by atoms with Gasteiger partial charge in [0, 0.05) is 16.3 Å². The van der Waals surface area contributed by atoms with E-state index in [4.69, 9.17) is 16.0 Å². The minimum Gasteiger partial charge on any atom is -0.545 e. The predicted molar refractivity (Wildman–Crippen MR) is 99.7 cm³/mol. The van der Waals surface area contributed by atoms with Crippen molar-refractivity contribution in [1.82, 2.24) is 5.43 Å². The lowest BCUT2D eigenvalue weighted by Gasteiger charge is -2.04. The number of nitrogens with zero attached hydrogens (tertiary/aromatic N) is 1. The molecule has 0 radical (unpaired) electrons. The molecule has 2 aromatic carbocycles. The lowest BCUT2D eigenvalue weighted by molar-refractivity contribution is -0.255. The minimum atomic E-state index is -1.26. The van der Waals surface area contributed by atoms with Crippen LogP contribution in [0.15, 0.2) is 70.2 Å². The zero-order valence-electron chi connectivity index (χ0n) is 13.8. The fourth-order valence-electron chi connectivity index (χ4n) is 2.22. The highest BCUT2D eigenvalue weighted by molar-refractivity contribution is 6.30. The summed E-state index contributed by atoms with van der Waals surface area (Å²) < 4.78 is 5.57. The molecule has 0 aliphatic heterocycles. The molecule has 7 nitrogen and oxygen atoms in total. The number of hydrazone groups is 1. The van der Waals surface area contributed by atoms with E-state index >= 15 is 0 Å². The summed E-state index contributed by atoms with van der Waals surface area (Å²) in [6.07, 6.45) is 1.33. The topological polar surface area (TPSA) is 107 Å². The number of carboxylic acids is 1. The molecule has 1 heterocycles. The number of rotatable bonds is 5. The molecule has 0 aliphatic carbocycles. The number of urea groups is 1.